The van der Waals surface area contributed by atoms with E-state index in [2.05, 4.69) is 25.7 Å². The molecule has 5 rings (SSSR count). The molecule has 2 aliphatic rings. The molecule has 0 amide bonds. The highest BCUT2D eigenvalue weighted by atomic mass is 32.2. The van der Waals surface area contributed by atoms with Gasteiger partial charge in [0, 0.05) is 24.3 Å². The predicted molar refractivity (Wildman–Crippen MR) is 130 cm³/mol. The van der Waals surface area contributed by atoms with Crippen LogP contribution >= 0.6 is 11.8 Å². The summed E-state index contributed by atoms with van der Waals surface area (Å²) >= 11 is 1.69. The highest BCUT2D eigenvalue weighted by Crippen LogP contribution is 2.33. The van der Waals surface area contributed by atoms with E-state index in [9.17, 15) is 0 Å². The van der Waals surface area contributed by atoms with Crippen LogP contribution in [0, 0.1) is 6.92 Å². The van der Waals surface area contributed by atoms with Gasteiger partial charge in [0.15, 0.2) is 5.50 Å². The number of anilines is 1. The summed E-state index contributed by atoms with van der Waals surface area (Å²) in [4.78, 5) is 9.04. The van der Waals surface area contributed by atoms with E-state index in [0.717, 1.165) is 48.0 Å². The topological polar surface area (TPSA) is 91.1 Å². The minimum atomic E-state index is -0.00667. The Bertz CT molecular complexity index is 1170. The largest absolute Gasteiger partial charge is 0.479 e. The maximum absolute atomic E-state index is 5.58. The Morgan fingerprint density at radius 1 is 1.24 bits per heavy atom. The molecule has 0 saturated carbocycles. The van der Waals surface area contributed by atoms with Crippen molar-refractivity contribution in [3.05, 3.63) is 52.7 Å². The van der Waals surface area contributed by atoms with Gasteiger partial charge in [0.1, 0.15) is 11.5 Å². The Morgan fingerprint density at radius 2 is 2.12 bits per heavy atom. The molecular weight excluding hydrogens is 438 g/mol. The molecule has 3 aromatic heterocycles. The first kappa shape index (κ1) is 21.8. The first-order valence-corrected chi connectivity index (χ1v) is 12.1. The Hall–Kier alpha value is -2.98. The summed E-state index contributed by atoms with van der Waals surface area (Å²) in [7, 11) is 3.36. The van der Waals surface area contributed by atoms with Gasteiger partial charge in [-0.1, -0.05) is 11.8 Å². The predicted octanol–water partition coefficient (Wildman–Crippen LogP) is 3.34. The van der Waals surface area contributed by atoms with Crippen molar-refractivity contribution < 1.29 is 9.47 Å². The molecule has 10 heteroatoms. The fourth-order valence-electron chi connectivity index (χ4n) is 4.26. The number of aromatic nitrogens is 5. The number of methoxy groups -OCH3 is 2. The van der Waals surface area contributed by atoms with Crippen molar-refractivity contribution in [3.8, 4) is 11.6 Å². The number of hydrogen-bond donors (Lipinski definition) is 2. The third-order valence-electron chi connectivity index (χ3n) is 5.91. The molecule has 3 aromatic rings. The third kappa shape index (κ3) is 4.45. The van der Waals surface area contributed by atoms with Gasteiger partial charge in [-0.15, -0.1) is 0 Å². The smallest absolute Gasteiger partial charge is 0.238 e. The van der Waals surface area contributed by atoms with Gasteiger partial charge in [-0.3, -0.25) is 0 Å². The molecule has 0 fully saturated rings. The standard InChI is InChI=1S/C23H29N7O2S/c1-15-12-29(14-24-15)20-9-8-18(25-22(20)32-3)19-13-33-23(26-19)27-21-16-6-4-5-7-17(16)28-30(21)10-11-31-2/h8-9,12-14,23,26-27H,4-7,10-11H2,1-3H3. The number of ether oxygens (including phenoxy) is 2. The van der Waals surface area contributed by atoms with Crippen molar-refractivity contribution in [3.63, 3.8) is 0 Å². The number of nitrogens with one attached hydrogen (secondary N) is 2. The molecule has 1 aliphatic carbocycles. The fourth-order valence-corrected chi connectivity index (χ4v) is 5.10. The molecule has 0 spiro atoms. The minimum absolute atomic E-state index is 0.00667. The molecule has 0 saturated heterocycles. The van der Waals surface area contributed by atoms with E-state index in [-0.39, 0.29) is 5.50 Å². The Kier molecular flexibility index (Phi) is 6.28. The van der Waals surface area contributed by atoms with E-state index in [1.165, 1.54) is 24.1 Å². The molecule has 4 heterocycles. The lowest BCUT2D eigenvalue weighted by molar-refractivity contribution is 0.184. The number of aryl methyl sites for hydroxylation is 2. The third-order valence-corrected chi connectivity index (χ3v) is 6.79. The molecule has 0 bridgehead atoms. The van der Waals surface area contributed by atoms with Crippen LogP contribution in [0.5, 0.6) is 5.88 Å². The lowest BCUT2D eigenvalue weighted by atomic mass is 9.97. The number of imidazole rings is 1. The molecular formula is C23H29N7O2S. The number of nitrogens with zero attached hydrogens (tertiary/aromatic N) is 5. The van der Waals surface area contributed by atoms with Crippen LogP contribution in [0.15, 0.2) is 30.1 Å². The fraction of sp³-hybridized carbons (Fsp3) is 0.435. The zero-order valence-electron chi connectivity index (χ0n) is 19.2. The van der Waals surface area contributed by atoms with E-state index < -0.39 is 0 Å². The van der Waals surface area contributed by atoms with Crippen LogP contribution < -0.4 is 15.4 Å². The molecule has 1 atom stereocenters. The van der Waals surface area contributed by atoms with Crippen LogP contribution in [0.25, 0.3) is 11.4 Å². The van der Waals surface area contributed by atoms with E-state index in [1.807, 2.05) is 29.8 Å². The van der Waals surface area contributed by atoms with Crippen LogP contribution in [-0.2, 0) is 24.1 Å². The van der Waals surface area contributed by atoms with Crippen molar-refractivity contribution in [2.75, 3.05) is 26.1 Å². The highest BCUT2D eigenvalue weighted by molar-refractivity contribution is 8.03. The van der Waals surface area contributed by atoms with Crippen molar-refractivity contribution in [1.29, 1.82) is 0 Å². The van der Waals surface area contributed by atoms with E-state index >= 15 is 0 Å². The van der Waals surface area contributed by atoms with Gasteiger partial charge in [-0.05, 0) is 44.7 Å². The molecule has 1 unspecified atom stereocenters. The van der Waals surface area contributed by atoms with E-state index in [0.29, 0.717) is 12.5 Å². The van der Waals surface area contributed by atoms with Crippen molar-refractivity contribution in [2.24, 2.45) is 0 Å². The summed E-state index contributed by atoms with van der Waals surface area (Å²) in [5.74, 6) is 1.65. The summed E-state index contributed by atoms with van der Waals surface area (Å²) in [6.45, 7) is 3.33. The van der Waals surface area contributed by atoms with Gasteiger partial charge in [-0.2, -0.15) is 5.10 Å². The van der Waals surface area contributed by atoms with Crippen molar-refractivity contribution in [2.45, 2.75) is 44.6 Å². The zero-order valence-corrected chi connectivity index (χ0v) is 20.0. The Labute approximate surface area is 197 Å². The number of pyridine rings is 1. The zero-order chi connectivity index (χ0) is 22.8. The average Bonchev–Trinajstić information content (AvgIpc) is 3.57. The summed E-state index contributed by atoms with van der Waals surface area (Å²) in [5, 5.41) is 14.2. The molecule has 0 radical (unpaired) electrons. The van der Waals surface area contributed by atoms with Crippen LogP contribution in [0.1, 0.15) is 35.5 Å². The van der Waals surface area contributed by atoms with Crippen LogP contribution in [0.2, 0.25) is 0 Å². The second-order valence-corrected chi connectivity index (χ2v) is 9.16. The maximum atomic E-state index is 5.58. The average molecular weight is 468 g/mol. The molecule has 174 valence electrons. The van der Waals surface area contributed by atoms with Crippen LogP contribution in [-0.4, -0.2) is 50.6 Å². The minimum Gasteiger partial charge on any atom is -0.479 e. The molecule has 1 aliphatic heterocycles. The summed E-state index contributed by atoms with van der Waals surface area (Å²) < 4.78 is 14.9. The molecule has 0 aromatic carbocycles. The molecule has 33 heavy (non-hydrogen) atoms. The lowest BCUT2D eigenvalue weighted by Crippen LogP contribution is -2.30. The van der Waals surface area contributed by atoms with Gasteiger partial charge in [0.2, 0.25) is 5.88 Å². The maximum Gasteiger partial charge on any atom is 0.238 e. The van der Waals surface area contributed by atoms with Gasteiger partial charge < -0.3 is 24.7 Å². The number of hydrogen-bond acceptors (Lipinski definition) is 8. The van der Waals surface area contributed by atoms with Gasteiger partial charge >= 0.3 is 0 Å². The van der Waals surface area contributed by atoms with Crippen molar-refractivity contribution >= 4 is 23.3 Å². The summed E-state index contributed by atoms with van der Waals surface area (Å²) in [6, 6.07) is 4.01. The van der Waals surface area contributed by atoms with Crippen molar-refractivity contribution in [1.82, 2.24) is 29.6 Å². The first-order valence-electron chi connectivity index (χ1n) is 11.2. The monoisotopic (exact) mass is 467 g/mol. The quantitative estimate of drug-likeness (QED) is 0.521. The van der Waals surface area contributed by atoms with Crippen LogP contribution in [0.4, 0.5) is 5.82 Å². The SMILES string of the molecule is COCCn1nc2c(c1NC1NC(c3ccc(-n4cnc(C)c4)c(OC)n3)=CS1)CCCC2. The van der Waals surface area contributed by atoms with Crippen LogP contribution in [0.3, 0.4) is 0 Å². The number of thioether (sulfide) groups is 1. The summed E-state index contributed by atoms with van der Waals surface area (Å²) in [5.41, 5.74) is 6.14. The van der Waals surface area contributed by atoms with Gasteiger partial charge in [0.25, 0.3) is 0 Å². The second kappa shape index (κ2) is 9.48. The normalized spacial score (nSPS) is 17.4. The molecule has 2 N–H and O–H groups in total. The van der Waals surface area contributed by atoms with Gasteiger partial charge in [-0.25, -0.2) is 14.6 Å². The Morgan fingerprint density at radius 3 is 2.91 bits per heavy atom. The number of fused-ring (bicyclic) bond motifs is 1. The first-order chi connectivity index (χ1) is 16.2. The Balaban J connectivity index is 1.33. The van der Waals surface area contributed by atoms with Gasteiger partial charge in [0.05, 0.1) is 49.4 Å². The number of rotatable bonds is 8. The van der Waals surface area contributed by atoms with E-state index in [1.54, 1.807) is 32.3 Å². The second-order valence-electron chi connectivity index (χ2n) is 8.18. The lowest BCUT2D eigenvalue weighted by Gasteiger charge is -2.19. The highest BCUT2D eigenvalue weighted by Gasteiger charge is 2.25. The molecule has 9 nitrogen and oxygen atoms in total. The summed E-state index contributed by atoms with van der Waals surface area (Å²) in [6.07, 6.45) is 8.25. The van der Waals surface area contributed by atoms with E-state index in [4.69, 9.17) is 19.6 Å².